The van der Waals surface area contributed by atoms with Gasteiger partial charge >= 0.3 is 0 Å². The third-order valence-corrected chi connectivity index (χ3v) is 5.32. The number of rotatable bonds is 3. The number of benzene rings is 1. The van der Waals surface area contributed by atoms with E-state index < -0.39 is 0 Å². The van der Waals surface area contributed by atoms with E-state index in [0.29, 0.717) is 12.6 Å². The molecular weight excluding hydrogens is 268 g/mol. The van der Waals surface area contributed by atoms with Crippen LogP contribution in [0.3, 0.4) is 0 Å². The number of anilines is 1. The molecule has 3 rings (SSSR count). The molecule has 1 saturated carbocycles. The third-order valence-electron chi connectivity index (χ3n) is 5.01. The van der Waals surface area contributed by atoms with Crippen molar-refractivity contribution in [1.82, 2.24) is 0 Å². The SMILES string of the molecule is NCCc1cccc(Cl)c1N1CCC[C@H]2CCCC[C@H]21. The minimum Gasteiger partial charge on any atom is -0.367 e. The number of nitrogens with two attached hydrogens (primary N) is 1. The molecule has 0 spiro atoms. The zero-order valence-corrected chi connectivity index (χ0v) is 12.9. The molecule has 0 aromatic heterocycles. The maximum atomic E-state index is 6.55. The van der Waals surface area contributed by atoms with E-state index in [9.17, 15) is 0 Å². The number of halogens is 1. The molecule has 1 aliphatic carbocycles. The second-order valence-electron chi connectivity index (χ2n) is 6.23. The second kappa shape index (κ2) is 6.36. The maximum Gasteiger partial charge on any atom is 0.0642 e. The van der Waals surface area contributed by atoms with Crippen LogP contribution in [0.1, 0.15) is 44.1 Å². The Morgan fingerprint density at radius 1 is 1.15 bits per heavy atom. The predicted octanol–water partition coefficient (Wildman–Crippen LogP) is 4.00. The number of piperidine rings is 1. The molecule has 0 unspecified atom stereocenters. The van der Waals surface area contributed by atoms with Gasteiger partial charge in [0.15, 0.2) is 0 Å². The fourth-order valence-corrected chi connectivity index (χ4v) is 4.44. The normalized spacial score (nSPS) is 26.4. The molecule has 20 heavy (non-hydrogen) atoms. The maximum absolute atomic E-state index is 6.55. The third kappa shape index (κ3) is 2.68. The van der Waals surface area contributed by atoms with Gasteiger partial charge in [-0.25, -0.2) is 0 Å². The van der Waals surface area contributed by atoms with Gasteiger partial charge in [0, 0.05) is 12.6 Å². The van der Waals surface area contributed by atoms with Crippen molar-refractivity contribution in [3.63, 3.8) is 0 Å². The van der Waals surface area contributed by atoms with Gasteiger partial charge in [-0.3, -0.25) is 0 Å². The molecule has 0 bridgehead atoms. The van der Waals surface area contributed by atoms with Crippen LogP contribution in [-0.4, -0.2) is 19.1 Å². The van der Waals surface area contributed by atoms with Crippen molar-refractivity contribution in [3.8, 4) is 0 Å². The van der Waals surface area contributed by atoms with Crippen LogP contribution in [0.25, 0.3) is 0 Å². The first-order chi connectivity index (χ1) is 9.81. The van der Waals surface area contributed by atoms with Gasteiger partial charge in [-0.05, 0) is 56.2 Å². The van der Waals surface area contributed by atoms with E-state index in [-0.39, 0.29) is 0 Å². The first kappa shape index (κ1) is 14.2. The Hall–Kier alpha value is -0.730. The van der Waals surface area contributed by atoms with Crippen LogP contribution in [0.15, 0.2) is 18.2 Å². The van der Waals surface area contributed by atoms with E-state index in [2.05, 4.69) is 17.0 Å². The fraction of sp³-hybridized carbons (Fsp3) is 0.647. The summed E-state index contributed by atoms with van der Waals surface area (Å²) in [5, 5.41) is 0.905. The highest BCUT2D eigenvalue weighted by atomic mass is 35.5. The summed E-state index contributed by atoms with van der Waals surface area (Å²) < 4.78 is 0. The molecule has 2 nitrogen and oxygen atoms in total. The zero-order chi connectivity index (χ0) is 13.9. The van der Waals surface area contributed by atoms with Crippen LogP contribution in [0.5, 0.6) is 0 Å². The lowest BCUT2D eigenvalue weighted by molar-refractivity contribution is 0.243. The molecule has 3 heteroatoms. The summed E-state index contributed by atoms with van der Waals surface area (Å²) in [5.41, 5.74) is 8.38. The number of fused-ring (bicyclic) bond motifs is 1. The van der Waals surface area contributed by atoms with Crippen molar-refractivity contribution in [2.24, 2.45) is 11.7 Å². The molecule has 2 fully saturated rings. The molecule has 2 atom stereocenters. The van der Waals surface area contributed by atoms with Gasteiger partial charge < -0.3 is 10.6 Å². The molecule has 1 saturated heterocycles. The quantitative estimate of drug-likeness (QED) is 0.912. The Balaban J connectivity index is 1.94. The van der Waals surface area contributed by atoms with Gasteiger partial charge in [-0.2, -0.15) is 0 Å². The molecule has 1 aromatic carbocycles. The summed E-state index contributed by atoms with van der Waals surface area (Å²) in [7, 11) is 0. The van der Waals surface area contributed by atoms with Crippen molar-refractivity contribution in [2.75, 3.05) is 18.0 Å². The van der Waals surface area contributed by atoms with Crippen LogP contribution in [0, 0.1) is 5.92 Å². The summed E-state index contributed by atoms with van der Waals surface area (Å²) in [6, 6.07) is 6.98. The van der Waals surface area contributed by atoms with Gasteiger partial charge in [0.25, 0.3) is 0 Å². The van der Waals surface area contributed by atoms with Crippen LogP contribution in [0.4, 0.5) is 5.69 Å². The smallest absolute Gasteiger partial charge is 0.0642 e. The van der Waals surface area contributed by atoms with E-state index in [0.717, 1.165) is 23.9 Å². The van der Waals surface area contributed by atoms with E-state index in [1.807, 2.05) is 6.07 Å². The number of hydrogen-bond acceptors (Lipinski definition) is 2. The van der Waals surface area contributed by atoms with Crippen LogP contribution >= 0.6 is 11.6 Å². The molecule has 1 aliphatic heterocycles. The molecule has 110 valence electrons. The first-order valence-electron chi connectivity index (χ1n) is 8.05. The van der Waals surface area contributed by atoms with Crippen molar-refractivity contribution in [2.45, 2.75) is 51.0 Å². The summed E-state index contributed by atoms with van der Waals surface area (Å²) in [5.74, 6) is 0.875. The average molecular weight is 293 g/mol. The molecule has 0 radical (unpaired) electrons. The Morgan fingerprint density at radius 2 is 1.95 bits per heavy atom. The highest BCUT2D eigenvalue weighted by Gasteiger charge is 2.34. The monoisotopic (exact) mass is 292 g/mol. The number of para-hydroxylation sites is 1. The lowest BCUT2D eigenvalue weighted by Crippen LogP contribution is -2.47. The second-order valence-corrected chi connectivity index (χ2v) is 6.64. The lowest BCUT2D eigenvalue weighted by atomic mass is 9.78. The van der Waals surface area contributed by atoms with E-state index in [1.54, 1.807) is 0 Å². The minimum absolute atomic E-state index is 0.690. The Bertz CT molecular complexity index is 458. The first-order valence-corrected chi connectivity index (χ1v) is 8.43. The topological polar surface area (TPSA) is 29.3 Å². The molecule has 2 N–H and O–H groups in total. The molecule has 1 aromatic rings. The molecular formula is C17H25ClN2. The lowest BCUT2D eigenvalue weighted by Gasteiger charge is -2.46. The van der Waals surface area contributed by atoms with Crippen molar-refractivity contribution >= 4 is 17.3 Å². The van der Waals surface area contributed by atoms with Crippen molar-refractivity contribution in [3.05, 3.63) is 28.8 Å². The molecule has 2 aliphatic rings. The fourth-order valence-electron chi connectivity index (χ4n) is 4.14. The van der Waals surface area contributed by atoms with Crippen LogP contribution in [-0.2, 0) is 6.42 Å². The van der Waals surface area contributed by atoms with E-state index in [1.165, 1.54) is 49.8 Å². The summed E-state index contributed by atoms with van der Waals surface area (Å²) in [6.07, 6.45) is 9.13. The summed E-state index contributed by atoms with van der Waals surface area (Å²) in [6.45, 7) is 1.84. The van der Waals surface area contributed by atoms with Gasteiger partial charge in [0.2, 0.25) is 0 Å². The Kier molecular flexibility index (Phi) is 4.52. The summed E-state index contributed by atoms with van der Waals surface area (Å²) >= 11 is 6.55. The number of nitrogens with zero attached hydrogens (tertiary/aromatic N) is 1. The van der Waals surface area contributed by atoms with Crippen molar-refractivity contribution < 1.29 is 0 Å². The van der Waals surface area contributed by atoms with E-state index in [4.69, 9.17) is 17.3 Å². The highest BCUT2D eigenvalue weighted by Crippen LogP contribution is 2.41. The average Bonchev–Trinajstić information content (AvgIpc) is 2.48. The standard InChI is InChI=1S/C17H25ClN2/c18-15-8-3-6-14(10-11-19)17(15)20-12-4-7-13-5-1-2-9-16(13)20/h3,6,8,13,16H,1-2,4-5,7,9-12,19H2/t13-,16-/m1/s1. The van der Waals surface area contributed by atoms with Gasteiger partial charge in [0.05, 0.1) is 10.7 Å². The minimum atomic E-state index is 0.690. The Morgan fingerprint density at radius 3 is 2.80 bits per heavy atom. The molecule has 1 heterocycles. The van der Waals surface area contributed by atoms with Crippen molar-refractivity contribution in [1.29, 1.82) is 0 Å². The Labute approximate surface area is 127 Å². The van der Waals surface area contributed by atoms with Gasteiger partial charge in [-0.1, -0.05) is 36.6 Å². The largest absolute Gasteiger partial charge is 0.367 e. The number of hydrogen-bond donors (Lipinski definition) is 1. The molecule has 0 amide bonds. The van der Waals surface area contributed by atoms with E-state index >= 15 is 0 Å². The van der Waals surface area contributed by atoms with Crippen LogP contribution in [0.2, 0.25) is 5.02 Å². The predicted molar refractivity (Wildman–Crippen MR) is 86.5 cm³/mol. The van der Waals surface area contributed by atoms with Gasteiger partial charge in [0.1, 0.15) is 0 Å². The highest BCUT2D eigenvalue weighted by molar-refractivity contribution is 6.33. The van der Waals surface area contributed by atoms with Gasteiger partial charge in [-0.15, -0.1) is 0 Å². The zero-order valence-electron chi connectivity index (χ0n) is 12.2. The van der Waals surface area contributed by atoms with Crippen LogP contribution < -0.4 is 10.6 Å². The summed E-state index contributed by atoms with van der Waals surface area (Å²) in [4.78, 5) is 2.61.